The molecule has 0 aromatic carbocycles. The van der Waals surface area contributed by atoms with E-state index in [-0.39, 0.29) is 6.04 Å². The van der Waals surface area contributed by atoms with E-state index in [0.717, 1.165) is 11.6 Å². The van der Waals surface area contributed by atoms with Gasteiger partial charge in [0.05, 0.1) is 6.04 Å². The predicted octanol–water partition coefficient (Wildman–Crippen LogP) is -0.532. The van der Waals surface area contributed by atoms with Crippen molar-refractivity contribution in [3.8, 4) is 0 Å². The largest absolute Gasteiger partial charge is 0.271 e. The van der Waals surface area contributed by atoms with E-state index < -0.39 is 0 Å². The Morgan fingerprint density at radius 1 is 1.71 bits per heavy atom. The average Bonchev–Trinajstić information content (AvgIpc) is 2.80. The molecule has 78 valence electrons. The van der Waals surface area contributed by atoms with Gasteiger partial charge in [0.15, 0.2) is 5.82 Å². The summed E-state index contributed by atoms with van der Waals surface area (Å²) >= 11 is 1.96. The highest BCUT2D eigenvalue weighted by Gasteiger charge is 2.29. The van der Waals surface area contributed by atoms with Crippen LogP contribution >= 0.6 is 11.8 Å². The lowest BCUT2D eigenvalue weighted by Gasteiger charge is -2.19. The summed E-state index contributed by atoms with van der Waals surface area (Å²) in [6.07, 6.45) is 1.17. The third-order valence-corrected chi connectivity index (χ3v) is 3.74. The fraction of sp³-hybridized carbons (Fsp3) is 0.857. The van der Waals surface area contributed by atoms with Crippen LogP contribution in [-0.4, -0.2) is 31.7 Å². The highest BCUT2D eigenvalue weighted by Crippen LogP contribution is 2.32. The number of nitrogens with one attached hydrogen (secondary N) is 1. The Morgan fingerprint density at radius 3 is 3.07 bits per heavy atom. The van der Waals surface area contributed by atoms with Crippen LogP contribution in [0.1, 0.15) is 18.3 Å². The number of aromatic nitrogens is 4. The summed E-state index contributed by atoms with van der Waals surface area (Å²) in [5.74, 6) is 9.23. The monoisotopic (exact) mass is 214 g/mol. The molecule has 3 N–H and O–H groups in total. The fourth-order valence-corrected chi connectivity index (χ4v) is 3.03. The second-order valence-electron chi connectivity index (χ2n) is 3.43. The van der Waals surface area contributed by atoms with Gasteiger partial charge in [0.1, 0.15) is 0 Å². The molecule has 2 unspecified atom stereocenters. The minimum Gasteiger partial charge on any atom is -0.271 e. The number of hydrogen-bond donors (Lipinski definition) is 2. The zero-order valence-corrected chi connectivity index (χ0v) is 8.87. The Labute approximate surface area is 86.6 Å². The lowest BCUT2D eigenvalue weighted by atomic mass is 9.99. The van der Waals surface area contributed by atoms with Crippen LogP contribution in [0.4, 0.5) is 0 Å². The van der Waals surface area contributed by atoms with Crippen molar-refractivity contribution in [1.82, 2.24) is 25.6 Å². The molecule has 0 aliphatic carbocycles. The van der Waals surface area contributed by atoms with Gasteiger partial charge in [-0.3, -0.25) is 5.84 Å². The van der Waals surface area contributed by atoms with Gasteiger partial charge in [-0.05, 0) is 34.3 Å². The van der Waals surface area contributed by atoms with E-state index in [0.29, 0.717) is 5.92 Å². The molecule has 1 aromatic heterocycles. The maximum Gasteiger partial charge on any atom is 0.169 e. The van der Waals surface area contributed by atoms with Crippen LogP contribution in [0.3, 0.4) is 0 Å². The normalized spacial score (nSPS) is 24.0. The first kappa shape index (κ1) is 9.88. The van der Waals surface area contributed by atoms with Gasteiger partial charge in [0.25, 0.3) is 0 Å². The van der Waals surface area contributed by atoms with Crippen LogP contribution < -0.4 is 11.3 Å². The van der Waals surface area contributed by atoms with Gasteiger partial charge in [-0.15, -0.1) is 5.10 Å². The number of hydrogen-bond acceptors (Lipinski definition) is 6. The molecule has 7 heteroatoms. The first-order chi connectivity index (χ1) is 6.83. The van der Waals surface area contributed by atoms with Crippen LogP contribution in [0.2, 0.25) is 0 Å². The van der Waals surface area contributed by atoms with Crippen molar-refractivity contribution >= 4 is 11.8 Å². The van der Waals surface area contributed by atoms with Gasteiger partial charge in [-0.25, -0.2) is 10.1 Å². The van der Waals surface area contributed by atoms with Crippen molar-refractivity contribution in [3.05, 3.63) is 5.82 Å². The molecule has 0 radical (unpaired) electrons. The molecule has 1 aliphatic rings. The maximum atomic E-state index is 5.54. The molecule has 0 saturated carbocycles. The van der Waals surface area contributed by atoms with Crippen molar-refractivity contribution < 1.29 is 0 Å². The molecule has 0 spiro atoms. The molecule has 1 aromatic rings. The molecular formula is C7H14N6S. The summed E-state index contributed by atoms with van der Waals surface area (Å²) in [6.45, 7) is 0. The summed E-state index contributed by atoms with van der Waals surface area (Å²) in [7, 11) is 1.84. The molecule has 0 amide bonds. The number of aryl methyl sites for hydroxylation is 1. The van der Waals surface area contributed by atoms with E-state index in [2.05, 4.69) is 21.0 Å². The van der Waals surface area contributed by atoms with Crippen molar-refractivity contribution in [2.45, 2.75) is 12.5 Å². The molecule has 2 rings (SSSR count). The number of nitrogens with two attached hydrogens (primary N) is 1. The highest BCUT2D eigenvalue weighted by molar-refractivity contribution is 7.99. The summed E-state index contributed by atoms with van der Waals surface area (Å²) in [5.41, 5.74) is 2.81. The molecule has 2 atom stereocenters. The zero-order valence-electron chi connectivity index (χ0n) is 8.05. The molecule has 2 heterocycles. The Balaban J connectivity index is 2.16. The third kappa shape index (κ3) is 1.75. The smallest absolute Gasteiger partial charge is 0.169 e. The molecular weight excluding hydrogens is 200 g/mol. The number of tetrazole rings is 1. The maximum absolute atomic E-state index is 5.54. The average molecular weight is 214 g/mol. The van der Waals surface area contributed by atoms with E-state index in [1.54, 1.807) is 4.68 Å². The number of hydrazine groups is 1. The van der Waals surface area contributed by atoms with Gasteiger partial charge in [-0.1, -0.05) is 0 Å². The lowest BCUT2D eigenvalue weighted by molar-refractivity contribution is 0.371. The van der Waals surface area contributed by atoms with Gasteiger partial charge in [-0.2, -0.15) is 11.8 Å². The Hall–Kier alpha value is -0.660. The summed E-state index contributed by atoms with van der Waals surface area (Å²) in [4.78, 5) is 0. The number of nitrogens with zero attached hydrogens (tertiary/aromatic N) is 4. The first-order valence-electron chi connectivity index (χ1n) is 4.59. The topological polar surface area (TPSA) is 81.7 Å². The minimum atomic E-state index is 0.0741. The molecule has 1 aliphatic heterocycles. The van der Waals surface area contributed by atoms with Gasteiger partial charge >= 0.3 is 0 Å². The lowest BCUT2D eigenvalue weighted by Crippen LogP contribution is -2.35. The quantitative estimate of drug-likeness (QED) is 0.520. The van der Waals surface area contributed by atoms with E-state index >= 15 is 0 Å². The molecule has 0 bridgehead atoms. The molecule has 6 nitrogen and oxygen atoms in total. The SMILES string of the molecule is Cn1nnnc1C(NN)C1CCSC1. The minimum absolute atomic E-state index is 0.0741. The highest BCUT2D eigenvalue weighted by atomic mass is 32.2. The Kier molecular flexibility index (Phi) is 2.99. The van der Waals surface area contributed by atoms with Crippen molar-refractivity contribution in [1.29, 1.82) is 0 Å². The van der Waals surface area contributed by atoms with Gasteiger partial charge in [0, 0.05) is 7.05 Å². The number of rotatable bonds is 3. The summed E-state index contributed by atoms with van der Waals surface area (Å²) < 4.78 is 1.67. The zero-order chi connectivity index (χ0) is 9.97. The predicted molar refractivity (Wildman–Crippen MR) is 54.3 cm³/mol. The van der Waals surface area contributed by atoms with Gasteiger partial charge in [0.2, 0.25) is 0 Å². The van der Waals surface area contributed by atoms with E-state index in [1.807, 2.05) is 18.8 Å². The Bertz CT molecular complexity index is 294. The summed E-state index contributed by atoms with van der Waals surface area (Å²) in [6, 6.07) is 0.0741. The van der Waals surface area contributed by atoms with E-state index in [1.165, 1.54) is 12.2 Å². The van der Waals surface area contributed by atoms with Crippen molar-refractivity contribution in [3.63, 3.8) is 0 Å². The third-order valence-electron chi connectivity index (χ3n) is 2.55. The van der Waals surface area contributed by atoms with Crippen molar-refractivity contribution in [2.24, 2.45) is 18.8 Å². The number of thioether (sulfide) groups is 1. The van der Waals surface area contributed by atoms with Crippen LogP contribution in [0.25, 0.3) is 0 Å². The summed E-state index contributed by atoms with van der Waals surface area (Å²) in [5, 5.41) is 11.4. The van der Waals surface area contributed by atoms with E-state index in [9.17, 15) is 0 Å². The molecule has 1 saturated heterocycles. The van der Waals surface area contributed by atoms with Crippen LogP contribution in [0, 0.1) is 5.92 Å². The van der Waals surface area contributed by atoms with Gasteiger partial charge < -0.3 is 0 Å². The van der Waals surface area contributed by atoms with Crippen LogP contribution in [0.5, 0.6) is 0 Å². The standard InChI is InChI=1S/C7H14N6S/c1-13-7(10-11-12-13)6(9-8)5-2-3-14-4-5/h5-6,9H,2-4,8H2,1H3. The first-order valence-corrected chi connectivity index (χ1v) is 5.74. The van der Waals surface area contributed by atoms with E-state index in [4.69, 9.17) is 5.84 Å². The van der Waals surface area contributed by atoms with Crippen LogP contribution in [-0.2, 0) is 7.05 Å². The Morgan fingerprint density at radius 2 is 2.57 bits per heavy atom. The van der Waals surface area contributed by atoms with Crippen LogP contribution in [0.15, 0.2) is 0 Å². The second kappa shape index (κ2) is 4.24. The van der Waals surface area contributed by atoms with Crippen molar-refractivity contribution in [2.75, 3.05) is 11.5 Å². The molecule has 14 heavy (non-hydrogen) atoms. The molecule has 1 fully saturated rings. The fourth-order valence-electron chi connectivity index (χ4n) is 1.74. The second-order valence-corrected chi connectivity index (χ2v) is 4.58.